The molecular weight excluding hydrogens is 278 g/mol. The number of halogens is 1. The van der Waals surface area contributed by atoms with Gasteiger partial charge in [0.2, 0.25) is 0 Å². The Labute approximate surface area is 131 Å². The Kier molecular flexibility index (Phi) is 4.66. The van der Waals surface area contributed by atoms with Crippen molar-refractivity contribution >= 4 is 34.0 Å². The van der Waals surface area contributed by atoms with Crippen molar-refractivity contribution in [3.63, 3.8) is 0 Å². The van der Waals surface area contributed by atoms with Gasteiger partial charge >= 0.3 is 0 Å². The third-order valence-corrected chi connectivity index (χ3v) is 3.75. The Balaban J connectivity index is 0.00000161. The van der Waals surface area contributed by atoms with Crippen molar-refractivity contribution in [2.24, 2.45) is 5.73 Å². The highest BCUT2D eigenvalue weighted by atomic mass is 35.5. The maximum absolute atomic E-state index is 6.47. The van der Waals surface area contributed by atoms with Crippen LogP contribution in [-0.4, -0.2) is 0 Å². The second-order valence-electron chi connectivity index (χ2n) is 5.50. The first kappa shape index (κ1) is 15.6. The topological polar surface area (TPSA) is 26.0 Å². The number of fused-ring (bicyclic) bond motifs is 2. The van der Waals surface area contributed by atoms with Crippen LogP contribution in [0.2, 0.25) is 0 Å². The Bertz CT molecular complexity index is 738. The highest BCUT2D eigenvalue weighted by Crippen LogP contribution is 2.33. The van der Waals surface area contributed by atoms with E-state index < -0.39 is 0 Å². The second-order valence-corrected chi connectivity index (χ2v) is 5.50. The maximum Gasteiger partial charge on any atom is 0.0344 e. The average molecular weight is 298 g/mol. The summed E-state index contributed by atoms with van der Waals surface area (Å²) >= 11 is 0. The van der Waals surface area contributed by atoms with Crippen LogP contribution in [0.25, 0.3) is 21.5 Å². The van der Waals surface area contributed by atoms with E-state index in [4.69, 9.17) is 5.73 Å². The number of hydrogen-bond donors (Lipinski definition) is 1. The molecule has 0 aliphatic rings. The molecule has 3 rings (SSSR count). The van der Waals surface area contributed by atoms with Crippen LogP contribution in [-0.2, 0) is 0 Å². The summed E-state index contributed by atoms with van der Waals surface area (Å²) < 4.78 is 0. The normalized spacial score (nSPS) is 12.1. The summed E-state index contributed by atoms with van der Waals surface area (Å²) in [5, 5.41) is 5.00. The van der Waals surface area contributed by atoms with Gasteiger partial charge in [-0.3, -0.25) is 0 Å². The first-order chi connectivity index (χ1) is 9.66. The highest BCUT2D eigenvalue weighted by Gasteiger charge is 2.14. The molecule has 2 heteroatoms. The van der Waals surface area contributed by atoms with Crippen LogP contribution in [0.4, 0.5) is 0 Å². The van der Waals surface area contributed by atoms with Gasteiger partial charge in [0.25, 0.3) is 0 Å². The molecule has 108 valence electrons. The lowest BCUT2D eigenvalue weighted by atomic mass is 9.90. The van der Waals surface area contributed by atoms with Crippen LogP contribution < -0.4 is 5.73 Å². The van der Waals surface area contributed by atoms with Crippen LogP contribution in [0.15, 0.2) is 66.7 Å². The SMILES string of the molecule is C=C(C)C[C@H](N)c1c2ccccc2cc2ccccc12.Cl. The molecule has 0 saturated carbocycles. The summed E-state index contributed by atoms with van der Waals surface area (Å²) in [6.45, 7) is 6.04. The molecule has 0 unspecified atom stereocenters. The lowest BCUT2D eigenvalue weighted by Gasteiger charge is -2.18. The lowest BCUT2D eigenvalue weighted by molar-refractivity contribution is 0.728. The molecule has 1 atom stereocenters. The standard InChI is InChI=1S/C19H19N.ClH/c1-13(2)11-18(20)19-16-9-5-3-7-14(16)12-15-8-4-6-10-17(15)19;/h3-10,12,18H,1,11,20H2,2H3;1H/t18-;/m0./s1. The Morgan fingerprint density at radius 1 is 1.00 bits per heavy atom. The zero-order chi connectivity index (χ0) is 14.1. The largest absolute Gasteiger partial charge is 0.324 e. The van der Waals surface area contributed by atoms with Gasteiger partial charge < -0.3 is 5.73 Å². The van der Waals surface area contributed by atoms with Crippen LogP contribution in [0.3, 0.4) is 0 Å². The number of benzene rings is 3. The summed E-state index contributed by atoms with van der Waals surface area (Å²) in [5.41, 5.74) is 8.82. The molecule has 0 saturated heterocycles. The highest BCUT2D eigenvalue weighted by molar-refractivity contribution is 6.02. The van der Waals surface area contributed by atoms with Gasteiger partial charge in [-0.25, -0.2) is 0 Å². The molecule has 0 aromatic heterocycles. The summed E-state index contributed by atoms with van der Waals surface area (Å²) in [6, 6.07) is 19.2. The third kappa shape index (κ3) is 2.94. The van der Waals surface area contributed by atoms with Gasteiger partial charge in [-0.2, -0.15) is 0 Å². The lowest BCUT2D eigenvalue weighted by Crippen LogP contribution is -2.11. The zero-order valence-electron chi connectivity index (χ0n) is 12.2. The number of hydrogen-bond acceptors (Lipinski definition) is 1. The first-order valence-corrected chi connectivity index (χ1v) is 6.97. The molecule has 3 aromatic rings. The Hall–Kier alpha value is -1.83. The molecule has 1 nitrogen and oxygen atoms in total. The van der Waals surface area contributed by atoms with E-state index in [1.54, 1.807) is 0 Å². The first-order valence-electron chi connectivity index (χ1n) is 6.97. The molecule has 0 aliphatic heterocycles. The minimum atomic E-state index is -0.0106. The number of nitrogens with two attached hydrogens (primary N) is 1. The summed E-state index contributed by atoms with van der Waals surface area (Å²) in [4.78, 5) is 0. The predicted octanol–water partition coefficient (Wildman–Crippen LogP) is 5.38. The fraction of sp³-hybridized carbons (Fsp3) is 0.158. The molecule has 0 fully saturated rings. The molecule has 0 bridgehead atoms. The van der Waals surface area contributed by atoms with Crippen molar-refractivity contribution in [1.82, 2.24) is 0 Å². The van der Waals surface area contributed by atoms with E-state index in [2.05, 4.69) is 61.2 Å². The second kappa shape index (κ2) is 6.30. The fourth-order valence-corrected chi connectivity index (χ4v) is 2.93. The van der Waals surface area contributed by atoms with E-state index in [1.807, 2.05) is 6.92 Å². The van der Waals surface area contributed by atoms with Gasteiger partial charge in [-0.05, 0) is 46.5 Å². The smallest absolute Gasteiger partial charge is 0.0344 e. The van der Waals surface area contributed by atoms with Gasteiger partial charge in [-0.1, -0.05) is 54.1 Å². The quantitative estimate of drug-likeness (QED) is 0.510. The van der Waals surface area contributed by atoms with Crippen molar-refractivity contribution in [2.45, 2.75) is 19.4 Å². The van der Waals surface area contributed by atoms with Gasteiger partial charge in [0.05, 0.1) is 0 Å². The van der Waals surface area contributed by atoms with Gasteiger partial charge in [0.1, 0.15) is 0 Å². The van der Waals surface area contributed by atoms with E-state index in [1.165, 1.54) is 27.1 Å². The van der Waals surface area contributed by atoms with Gasteiger partial charge in [-0.15, -0.1) is 19.0 Å². The van der Waals surface area contributed by atoms with Crippen LogP contribution >= 0.6 is 12.4 Å². The minimum absolute atomic E-state index is 0. The molecule has 21 heavy (non-hydrogen) atoms. The average Bonchev–Trinajstić information content (AvgIpc) is 2.43. The Morgan fingerprint density at radius 2 is 1.48 bits per heavy atom. The van der Waals surface area contributed by atoms with E-state index in [-0.39, 0.29) is 18.4 Å². The fourth-order valence-electron chi connectivity index (χ4n) is 2.93. The molecule has 0 amide bonds. The zero-order valence-corrected chi connectivity index (χ0v) is 13.0. The van der Waals surface area contributed by atoms with E-state index in [9.17, 15) is 0 Å². The molecule has 0 radical (unpaired) electrons. The van der Waals surface area contributed by atoms with Gasteiger partial charge in [0, 0.05) is 6.04 Å². The monoisotopic (exact) mass is 297 g/mol. The third-order valence-electron chi connectivity index (χ3n) is 3.75. The van der Waals surface area contributed by atoms with Crippen LogP contribution in [0.1, 0.15) is 24.9 Å². The van der Waals surface area contributed by atoms with Crippen LogP contribution in [0.5, 0.6) is 0 Å². The molecule has 2 N–H and O–H groups in total. The van der Waals surface area contributed by atoms with Crippen molar-refractivity contribution in [1.29, 1.82) is 0 Å². The van der Waals surface area contributed by atoms with E-state index in [0.717, 1.165) is 12.0 Å². The summed E-state index contributed by atoms with van der Waals surface area (Å²) in [7, 11) is 0. The van der Waals surface area contributed by atoms with Crippen molar-refractivity contribution in [2.75, 3.05) is 0 Å². The van der Waals surface area contributed by atoms with Crippen molar-refractivity contribution in [3.05, 3.63) is 72.3 Å². The van der Waals surface area contributed by atoms with Crippen LogP contribution in [0, 0.1) is 0 Å². The van der Waals surface area contributed by atoms with Crippen molar-refractivity contribution in [3.8, 4) is 0 Å². The maximum atomic E-state index is 6.47. The molecular formula is C19H20ClN. The van der Waals surface area contributed by atoms with E-state index >= 15 is 0 Å². The molecule has 3 aromatic carbocycles. The molecule has 0 aliphatic carbocycles. The minimum Gasteiger partial charge on any atom is -0.324 e. The summed E-state index contributed by atoms with van der Waals surface area (Å²) in [5.74, 6) is 0. The Morgan fingerprint density at radius 3 is 1.95 bits per heavy atom. The van der Waals surface area contributed by atoms with Gasteiger partial charge in [0.15, 0.2) is 0 Å². The molecule has 0 spiro atoms. The molecule has 0 heterocycles. The predicted molar refractivity (Wildman–Crippen MR) is 95.1 cm³/mol. The van der Waals surface area contributed by atoms with Crippen molar-refractivity contribution < 1.29 is 0 Å². The summed E-state index contributed by atoms with van der Waals surface area (Å²) in [6.07, 6.45) is 0.817. The van der Waals surface area contributed by atoms with E-state index in [0.29, 0.717) is 0 Å². The number of rotatable bonds is 3.